The predicted octanol–water partition coefficient (Wildman–Crippen LogP) is 0.740. The summed E-state index contributed by atoms with van der Waals surface area (Å²) in [4.78, 5) is 9.71. The van der Waals surface area contributed by atoms with Crippen molar-refractivity contribution in [2.24, 2.45) is 0 Å². The van der Waals surface area contributed by atoms with E-state index in [2.05, 4.69) is 8.75 Å². The van der Waals surface area contributed by atoms with Crippen LogP contribution < -0.4 is 0 Å². The molecule has 1 rings (SSSR count). The molecule has 9 heavy (non-hydrogen) atoms. The van der Waals surface area contributed by atoms with Crippen molar-refractivity contribution in [1.29, 1.82) is 0 Å². The molecule has 0 aliphatic rings. The van der Waals surface area contributed by atoms with Crippen LogP contribution in [0.3, 0.4) is 0 Å². The summed E-state index contributed by atoms with van der Waals surface area (Å²) < 4.78 is 7.62. The van der Waals surface area contributed by atoms with Gasteiger partial charge < -0.3 is 0 Å². The van der Waals surface area contributed by atoms with Gasteiger partial charge in [-0.25, -0.2) is 0 Å². The Bertz CT molecular complexity index is 175. The molecule has 0 aliphatic heterocycles. The van der Waals surface area contributed by atoms with E-state index in [1.807, 2.05) is 0 Å². The van der Waals surface area contributed by atoms with E-state index in [1.54, 1.807) is 12.5 Å². The molecule has 5 heteroatoms. The molecule has 0 saturated carbocycles. The number of hydrogen-bond donors (Lipinski definition) is 0. The fraction of sp³-hybridized carbons (Fsp3) is 0.250. The van der Waals surface area contributed by atoms with E-state index < -0.39 is 0 Å². The lowest BCUT2D eigenvalue weighted by Gasteiger charge is -1.81. The number of carbonyl (C=O) groups excluding carboxylic acids is 1. The average Bonchev–Trinajstić information content (AvgIpc) is 2.34. The average molecular weight is 159 g/mol. The molecule has 0 unspecified atom stereocenters. The van der Waals surface area contributed by atoms with Gasteiger partial charge in [-0.3, -0.25) is 4.79 Å². The molecule has 1 heterocycles. The van der Waals surface area contributed by atoms with Crippen molar-refractivity contribution in [3.63, 3.8) is 0 Å². The highest BCUT2D eigenvalue weighted by Gasteiger charge is 1.93. The molecule has 47 valence electrons. The third kappa shape index (κ3) is 2.11. The number of rotatable bonds is 3. The maximum Gasteiger partial charge on any atom is 0.209 e. The molecule has 0 bridgehead atoms. The summed E-state index contributed by atoms with van der Waals surface area (Å²) >= 11 is 2.48. The topological polar surface area (TPSA) is 42.9 Å². The molecular weight excluding hydrogens is 156 g/mol. The van der Waals surface area contributed by atoms with E-state index in [1.165, 1.54) is 11.8 Å². The highest BCUT2D eigenvalue weighted by molar-refractivity contribution is 7.99. The Balaban J connectivity index is 2.38. The summed E-state index contributed by atoms with van der Waals surface area (Å²) in [7, 11) is 0. The van der Waals surface area contributed by atoms with Gasteiger partial charge in [0.2, 0.25) is 6.29 Å². The second-order valence-corrected chi connectivity index (χ2v) is 2.73. The van der Waals surface area contributed by atoms with Crippen LogP contribution in [-0.2, 0) is 4.79 Å². The second kappa shape index (κ2) is 3.58. The molecule has 1 radical (unpaired) electrons. The fourth-order valence-corrected chi connectivity index (χ4v) is 1.36. The lowest BCUT2D eigenvalue weighted by molar-refractivity contribution is 0.560. The summed E-state index contributed by atoms with van der Waals surface area (Å²) in [6.07, 6.45) is 3.39. The molecule has 0 fully saturated rings. The molecule has 1 aromatic heterocycles. The smallest absolute Gasteiger partial charge is 0.209 e. The van der Waals surface area contributed by atoms with Gasteiger partial charge in [0.05, 0.1) is 23.7 Å². The summed E-state index contributed by atoms with van der Waals surface area (Å²) in [6, 6.07) is 0. The van der Waals surface area contributed by atoms with Crippen LogP contribution in [0.5, 0.6) is 0 Å². The first kappa shape index (κ1) is 6.70. The maximum absolute atomic E-state index is 9.71. The van der Waals surface area contributed by atoms with Gasteiger partial charge >= 0.3 is 0 Å². The van der Waals surface area contributed by atoms with E-state index in [-0.39, 0.29) is 0 Å². The highest BCUT2D eigenvalue weighted by atomic mass is 32.2. The molecular formula is C4H3N2OS2. The van der Waals surface area contributed by atoms with Crippen LogP contribution in [0.15, 0.2) is 11.2 Å². The number of nitrogens with zero attached hydrogens (tertiary/aromatic N) is 2. The second-order valence-electron chi connectivity index (χ2n) is 1.18. The highest BCUT2D eigenvalue weighted by Crippen LogP contribution is 2.12. The van der Waals surface area contributed by atoms with Gasteiger partial charge in [0.25, 0.3) is 0 Å². The van der Waals surface area contributed by atoms with Crippen LogP contribution >= 0.6 is 23.5 Å². The van der Waals surface area contributed by atoms with Crippen LogP contribution in [0.2, 0.25) is 0 Å². The summed E-state index contributed by atoms with van der Waals surface area (Å²) in [6.45, 7) is 0. The Hall–Kier alpha value is -0.420. The van der Waals surface area contributed by atoms with E-state index in [0.29, 0.717) is 5.75 Å². The number of aromatic nitrogens is 2. The quantitative estimate of drug-likeness (QED) is 0.610. The fourth-order valence-electron chi connectivity index (χ4n) is 0.323. The molecule has 0 atom stereocenters. The third-order valence-electron chi connectivity index (χ3n) is 0.620. The van der Waals surface area contributed by atoms with Crippen molar-refractivity contribution in [3.05, 3.63) is 6.20 Å². The molecule has 1 aromatic rings. The maximum atomic E-state index is 9.71. The van der Waals surface area contributed by atoms with Crippen LogP contribution in [0.25, 0.3) is 0 Å². The lowest BCUT2D eigenvalue weighted by Crippen LogP contribution is -1.76. The van der Waals surface area contributed by atoms with Gasteiger partial charge in [0.15, 0.2) is 0 Å². The van der Waals surface area contributed by atoms with Gasteiger partial charge in [-0.05, 0) is 0 Å². The third-order valence-corrected chi connectivity index (χ3v) is 1.97. The first-order valence-electron chi connectivity index (χ1n) is 2.19. The molecule has 0 saturated heterocycles. The van der Waals surface area contributed by atoms with Crippen LogP contribution in [0.1, 0.15) is 0 Å². The molecule has 0 spiro atoms. The van der Waals surface area contributed by atoms with Crippen molar-refractivity contribution in [2.75, 3.05) is 5.75 Å². The van der Waals surface area contributed by atoms with E-state index in [4.69, 9.17) is 0 Å². The van der Waals surface area contributed by atoms with E-state index >= 15 is 0 Å². The Kier molecular flexibility index (Phi) is 2.66. The monoisotopic (exact) mass is 159 g/mol. The van der Waals surface area contributed by atoms with Crippen molar-refractivity contribution >= 4 is 29.8 Å². The minimum atomic E-state index is 0.339. The Labute approximate surface area is 60.8 Å². The van der Waals surface area contributed by atoms with Gasteiger partial charge in [-0.2, -0.15) is 8.75 Å². The van der Waals surface area contributed by atoms with Gasteiger partial charge in [-0.15, -0.1) is 0 Å². The first-order chi connectivity index (χ1) is 4.43. The molecule has 0 amide bonds. The number of thioether (sulfide) groups is 1. The Morgan fingerprint density at radius 3 is 3.33 bits per heavy atom. The molecule has 0 N–H and O–H groups in total. The van der Waals surface area contributed by atoms with Crippen molar-refractivity contribution in [3.8, 4) is 0 Å². The Morgan fingerprint density at radius 1 is 1.89 bits per heavy atom. The molecule has 0 aliphatic carbocycles. The molecule has 0 aromatic carbocycles. The Morgan fingerprint density at radius 2 is 2.78 bits per heavy atom. The van der Waals surface area contributed by atoms with Crippen molar-refractivity contribution < 1.29 is 4.79 Å². The zero-order valence-electron chi connectivity index (χ0n) is 4.40. The number of hydrogen-bond acceptors (Lipinski definition) is 5. The van der Waals surface area contributed by atoms with Gasteiger partial charge in [-0.1, -0.05) is 11.8 Å². The van der Waals surface area contributed by atoms with Crippen molar-refractivity contribution in [2.45, 2.75) is 5.03 Å². The van der Waals surface area contributed by atoms with E-state index in [9.17, 15) is 4.79 Å². The minimum Gasteiger partial charge on any atom is -0.290 e. The molecule has 3 nitrogen and oxygen atoms in total. The normalized spacial score (nSPS) is 9.33. The standard InChI is InChI=1S/C4H3N2OS2/c7-1-2-8-4-3-5-9-6-4/h3H,2H2. The summed E-state index contributed by atoms with van der Waals surface area (Å²) in [5, 5.41) is 0.795. The SMILES string of the molecule is O=[C]CSc1cnsn1. The summed E-state index contributed by atoms with van der Waals surface area (Å²) in [5.41, 5.74) is 0. The minimum absolute atomic E-state index is 0.339. The first-order valence-corrected chi connectivity index (χ1v) is 3.90. The lowest BCUT2D eigenvalue weighted by atomic mass is 10.9. The zero-order valence-corrected chi connectivity index (χ0v) is 6.04. The van der Waals surface area contributed by atoms with Crippen LogP contribution in [0, 0.1) is 0 Å². The van der Waals surface area contributed by atoms with Crippen LogP contribution in [-0.4, -0.2) is 20.8 Å². The largest absolute Gasteiger partial charge is 0.290 e. The van der Waals surface area contributed by atoms with Crippen LogP contribution in [0.4, 0.5) is 0 Å². The predicted molar refractivity (Wildman–Crippen MR) is 36.3 cm³/mol. The summed E-state index contributed by atoms with van der Waals surface area (Å²) in [5.74, 6) is 0.339. The van der Waals surface area contributed by atoms with Crippen molar-refractivity contribution in [1.82, 2.24) is 8.75 Å². The van der Waals surface area contributed by atoms with E-state index in [0.717, 1.165) is 16.8 Å². The van der Waals surface area contributed by atoms with Gasteiger partial charge in [0.1, 0.15) is 5.03 Å². The zero-order chi connectivity index (χ0) is 6.53. The van der Waals surface area contributed by atoms with Gasteiger partial charge in [0, 0.05) is 0 Å².